The van der Waals surface area contributed by atoms with E-state index in [0.29, 0.717) is 24.2 Å². The topological polar surface area (TPSA) is 74.7 Å². The van der Waals surface area contributed by atoms with Gasteiger partial charge in [-0.2, -0.15) is 0 Å². The van der Waals surface area contributed by atoms with Crippen molar-refractivity contribution in [2.75, 3.05) is 25.0 Å². The fraction of sp³-hybridized carbons (Fsp3) is 0.357. The van der Waals surface area contributed by atoms with E-state index in [0.717, 1.165) is 54.2 Å². The summed E-state index contributed by atoms with van der Waals surface area (Å²) in [6.07, 6.45) is 2.60. The number of hydrogen-bond acceptors (Lipinski definition) is 5. The molecular weight excluding hydrogens is 426 g/mol. The highest BCUT2D eigenvalue weighted by Gasteiger charge is 2.19. The maximum absolute atomic E-state index is 11.8. The molecule has 6 nitrogen and oxygen atoms in total. The number of ether oxygens (including phenoxy) is 1. The summed E-state index contributed by atoms with van der Waals surface area (Å²) in [5.74, 6) is 2.03. The highest BCUT2D eigenvalue weighted by atomic mass is 16.5. The molecule has 4 rings (SSSR count). The maximum atomic E-state index is 11.8. The average Bonchev–Trinajstić information content (AvgIpc) is 3.23. The standard InChI is InChI=1S/C28H33N3O3/c1-19(2)34-23-10-8-21(9-11-23)22-17-25(24-16-20(3)7-12-26(24)32)30-27(18-22)29-13-5-15-31-14-4-6-28(31)33/h7-12,16-19,32H,4-6,13-15H2,1-3H3,(H,29,30). The molecule has 1 aliphatic rings. The largest absolute Gasteiger partial charge is 0.507 e. The van der Waals surface area contributed by atoms with Crippen LogP contribution >= 0.6 is 0 Å². The van der Waals surface area contributed by atoms with E-state index in [4.69, 9.17) is 9.72 Å². The van der Waals surface area contributed by atoms with E-state index in [9.17, 15) is 9.90 Å². The van der Waals surface area contributed by atoms with E-state index < -0.39 is 0 Å². The van der Waals surface area contributed by atoms with Gasteiger partial charge in [0.05, 0.1) is 11.8 Å². The first-order valence-electron chi connectivity index (χ1n) is 12.0. The normalized spacial score (nSPS) is 13.5. The smallest absolute Gasteiger partial charge is 0.222 e. The lowest BCUT2D eigenvalue weighted by atomic mass is 10.0. The number of carbonyl (C=O) groups excluding carboxylic acids is 1. The molecule has 2 heterocycles. The molecule has 1 aliphatic heterocycles. The number of likely N-dealkylation sites (tertiary alicyclic amines) is 1. The van der Waals surface area contributed by atoms with Crippen LogP contribution in [0.25, 0.3) is 22.4 Å². The van der Waals surface area contributed by atoms with Gasteiger partial charge in [-0.15, -0.1) is 0 Å². The fourth-order valence-electron chi connectivity index (χ4n) is 4.21. The zero-order valence-electron chi connectivity index (χ0n) is 20.2. The van der Waals surface area contributed by atoms with Crippen molar-refractivity contribution in [1.82, 2.24) is 9.88 Å². The van der Waals surface area contributed by atoms with E-state index in [2.05, 4.69) is 5.32 Å². The third kappa shape index (κ3) is 5.87. The number of nitrogens with zero attached hydrogens (tertiary/aromatic N) is 2. The molecule has 3 aromatic rings. The van der Waals surface area contributed by atoms with E-state index in [-0.39, 0.29) is 17.8 Å². The third-order valence-electron chi connectivity index (χ3n) is 5.90. The van der Waals surface area contributed by atoms with Crippen molar-refractivity contribution in [2.45, 2.75) is 46.1 Å². The summed E-state index contributed by atoms with van der Waals surface area (Å²) in [7, 11) is 0. The minimum absolute atomic E-state index is 0.120. The molecule has 1 saturated heterocycles. The van der Waals surface area contributed by atoms with Crippen LogP contribution in [0.4, 0.5) is 5.82 Å². The van der Waals surface area contributed by atoms with Crippen LogP contribution in [0, 0.1) is 6.92 Å². The van der Waals surface area contributed by atoms with Gasteiger partial charge in [0.25, 0.3) is 0 Å². The number of amides is 1. The van der Waals surface area contributed by atoms with Crippen molar-refractivity contribution in [2.24, 2.45) is 0 Å². The van der Waals surface area contributed by atoms with Crippen LogP contribution in [0.3, 0.4) is 0 Å². The lowest BCUT2D eigenvalue weighted by Gasteiger charge is -2.16. The number of hydrogen-bond donors (Lipinski definition) is 2. The molecule has 0 saturated carbocycles. The fourth-order valence-corrected chi connectivity index (χ4v) is 4.21. The van der Waals surface area contributed by atoms with Gasteiger partial charge >= 0.3 is 0 Å². The molecule has 0 bridgehead atoms. The van der Waals surface area contributed by atoms with Crippen molar-refractivity contribution in [3.05, 3.63) is 60.2 Å². The maximum Gasteiger partial charge on any atom is 0.222 e. The zero-order chi connectivity index (χ0) is 24.1. The molecule has 2 N–H and O–H groups in total. The van der Waals surface area contributed by atoms with Crippen molar-refractivity contribution < 1.29 is 14.6 Å². The highest BCUT2D eigenvalue weighted by molar-refractivity contribution is 5.78. The summed E-state index contributed by atoms with van der Waals surface area (Å²) in [5, 5.41) is 13.9. The summed E-state index contributed by atoms with van der Waals surface area (Å²) in [4.78, 5) is 18.6. The number of pyridine rings is 1. The Bertz CT molecular complexity index is 1140. The number of anilines is 1. The Hall–Kier alpha value is -3.54. The lowest BCUT2D eigenvalue weighted by molar-refractivity contribution is -0.127. The minimum Gasteiger partial charge on any atom is -0.507 e. The van der Waals surface area contributed by atoms with Gasteiger partial charge in [0.1, 0.15) is 17.3 Å². The predicted octanol–water partition coefficient (Wildman–Crippen LogP) is 5.64. The Morgan fingerprint density at radius 1 is 1.09 bits per heavy atom. The molecule has 178 valence electrons. The molecule has 1 fully saturated rings. The van der Waals surface area contributed by atoms with Gasteiger partial charge in [0.15, 0.2) is 0 Å². The molecular formula is C28H33N3O3. The lowest BCUT2D eigenvalue weighted by Crippen LogP contribution is -2.27. The molecule has 2 aromatic carbocycles. The summed E-state index contributed by atoms with van der Waals surface area (Å²) in [5.41, 5.74) is 4.50. The van der Waals surface area contributed by atoms with Crippen LogP contribution in [-0.2, 0) is 4.79 Å². The van der Waals surface area contributed by atoms with E-state index in [1.807, 2.05) is 74.2 Å². The van der Waals surface area contributed by atoms with E-state index in [1.165, 1.54) is 0 Å². The molecule has 0 radical (unpaired) electrons. The zero-order valence-corrected chi connectivity index (χ0v) is 20.2. The van der Waals surface area contributed by atoms with Crippen molar-refractivity contribution >= 4 is 11.7 Å². The Morgan fingerprint density at radius 2 is 1.88 bits per heavy atom. The Morgan fingerprint density at radius 3 is 2.59 bits per heavy atom. The summed E-state index contributed by atoms with van der Waals surface area (Å²) < 4.78 is 5.78. The van der Waals surface area contributed by atoms with Crippen molar-refractivity contribution in [1.29, 1.82) is 0 Å². The number of aromatic nitrogens is 1. The van der Waals surface area contributed by atoms with Crippen LogP contribution in [0.2, 0.25) is 0 Å². The van der Waals surface area contributed by atoms with Gasteiger partial charge in [-0.05, 0) is 81.1 Å². The van der Waals surface area contributed by atoms with Gasteiger partial charge in [-0.3, -0.25) is 4.79 Å². The number of phenols is 1. The molecule has 0 atom stereocenters. The number of benzene rings is 2. The van der Waals surface area contributed by atoms with Crippen LogP contribution in [0.15, 0.2) is 54.6 Å². The van der Waals surface area contributed by atoms with Crippen LogP contribution < -0.4 is 10.1 Å². The molecule has 6 heteroatoms. The van der Waals surface area contributed by atoms with Gasteiger partial charge in [-0.1, -0.05) is 23.8 Å². The number of rotatable bonds is 9. The van der Waals surface area contributed by atoms with Crippen molar-refractivity contribution in [3.63, 3.8) is 0 Å². The van der Waals surface area contributed by atoms with Gasteiger partial charge in [0, 0.05) is 31.6 Å². The molecule has 0 spiro atoms. The second-order valence-electron chi connectivity index (χ2n) is 9.10. The number of aromatic hydroxyl groups is 1. The Balaban J connectivity index is 1.58. The minimum atomic E-state index is 0.120. The van der Waals surface area contributed by atoms with Gasteiger partial charge in [0.2, 0.25) is 5.91 Å². The first-order valence-corrected chi connectivity index (χ1v) is 12.0. The first-order chi connectivity index (χ1) is 16.4. The highest BCUT2D eigenvalue weighted by Crippen LogP contribution is 2.33. The number of carbonyl (C=O) groups is 1. The molecule has 34 heavy (non-hydrogen) atoms. The molecule has 1 amide bonds. The number of nitrogens with one attached hydrogen (secondary N) is 1. The first kappa shape index (κ1) is 23.6. The Kier molecular flexibility index (Phi) is 7.36. The van der Waals surface area contributed by atoms with Crippen molar-refractivity contribution in [3.8, 4) is 33.9 Å². The number of phenolic OH excluding ortho intramolecular Hbond substituents is 1. The predicted molar refractivity (Wildman–Crippen MR) is 136 cm³/mol. The van der Waals surface area contributed by atoms with Crippen LogP contribution in [0.1, 0.15) is 38.7 Å². The number of aryl methyl sites for hydroxylation is 1. The Labute approximate surface area is 201 Å². The second-order valence-corrected chi connectivity index (χ2v) is 9.10. The average molecular weight is 460 g/mol. The van der Waals surface area contributed by atoms with Gasteiger partial charge < -0.3 is 20.1 Å². The quantitative estimate of drug-likeness (QED) is 0.405. The molecule has 1 aromatic heterocycles. The summed E-state index contributed by atoms with van der Waals surface area (Å²) >= 11 is 0. The SMILES string of the molecule is Cc1ccc(O)c(-c2cc(-c3ccc(OC(C)C)cc3)cc(NCCCN3CCCC3=O)n2)c1. The third-order valence-corrected chi connectivity index (χ3v) is 5.90. The van der Waals surface area contributed by atoms with E-state index >= 15 is 0 Å². The molecule has 0 aliphatic carbocycles. The van der Waals surface area contributed by atoms with Crippen LogP contribution in [0.5, 0.6) is 11.5 Å². The van der Waals surface area contributed by atoms with Crippen LogP contribution in [-0.4, -0.2) is 46.6 Å². The monoisotopic (exact) mass is 459 g/mol. The second kappa shape index (κ2) is 10.6. The summed E-state index contributed by atoms with van der Waals surface area (Å²) in [6.45, 7) is 8.35. The summed E-state index contributed by atoms with van der Waals surface area (Å²) in [6, 6.07) is 17.6. The van der Waals surface area contributed by atoms with E-state index in [1.54, 1.807) is 6.07 Å². The van der Waals surface area contributed by atoms with Gasteiger partial charge in [-0.25, -0.2) is 4.98 Å². The molecule has 0 unspecified atom stereocenters.